The Balaban J connectivity index is 1.76. The Hall–Kier alpha value is -0.570. The fraction of sp³-hybridized carbons (Fsp3) is 0.625. The monoisotopic (exact) mass is 280 g/mol. The fourth-order valence-electron chi connectivity index (χ4n) is 2.87. The summed E-state index contributed by atoms with van der Waals surface area (Å²) in [6.07, 6.45) is 5.34. The molecular formula is C16H25ClN2. The van der Waals surface area contributed by atoms with E-state index in [0.29, 0.717) is 6.04 Å². The minimum absolute atomic E-state index is 0.368. The maximum Gasteiger partial charge on any atom is 0.0409 e. The topological polar surface area (TPSA) is 15.3 Å². The van der Waals surface area contributed by atoms with Crippen molar-refractivity contribution in [3.63, 3.8) is 0 Å². The number of hydrogen-bond donors (Lipinski definition) is 1. The summed E-state index contributed by atoms with van der Waals surface area (Å²) < 4.78 is 0. The van der Waals surface area contributed by atoms with Crippen LogP contribution < -0.4 is 5.32 Å². The normalized spacial score (nSPS) is 22.4. The van der Waals surface area contributed by atoms with Crippen LogP contribution in [0.3, 0.4) is 0 Å². The predicted molar refractivity (Wildman–Crippen MR) is 82.8 cm³/mol. The number of likely N-dealkylation sites (tertiary alicyclic amines) is 1. The van der Waals surface area contributed by atoms with Gasteiger partial charge in [-0.05, 0) is 64.0 Å². The first-order valence-electron chi connectivity index (χ1n) is 7.36. The van der Waals surface area contributed by atoms with Crippen molar-refractivity contribution in [2.75, 3.05) is 20.1 Å². The van der Waals surface area contributed by atoms with Crippen LogP contribution in [0, 0.1) is 0 Å². The highest BCUT2D eigenvalue weighted by Gasteiger charge is 2.18. The van der Waals surface area contributed by atoms with Gasteiger partial charge in [-0.3, -0.25) is 0 Å². The van der Waals surface area contributed by atoms with Crippen LogP contribution in [0.2, 0.25) is 5.02 Å². The summed E-state index contributed by atoms with van der Waals surface area (Å²) in [7, 11) is 2.25. The van der Waals surface area contributed by atoms with E-state index in [1.54, 1.807) is 0 Å². The van der Waals surface area contributed by atoms with Crippen molar-refractivity contribution >= 4 is 11.6 Å². The zero-order valence-electron chi connectivity index (χ0n) is 12.0. The third-order valence-electron chi connectivity index (χ3n) is 4.20. The van der Waals surface area contributed by atoms with Crippen LogP contribution in [0.15, 0.2) is 24.3 Å². The standard InChI is InChI=1S/C16H25ClN2/c1-13(14-6-5-7-15(17)12-14)18-10-9-16-8-3-4-11-19(16)2/h5-7,12-13,16,18H,3-4,8-11H2,1-2H3/t13-,16?/m1/s1. The zero-order chi connectivity index (χ0) is 13.7. The lowest BCUT2D eigenvalue weighted by Crippen LogP contribution is -2.38. The van der Waals surface area contributed by atoms with Crippen LogP contribution in [0.25, 0.3) is 0 Å². The average Bonchev–Trinajstić information content (AvgIpc) is 2.41. The van der Waals surface area contributed by atoms with Gasteiger partial charge in [-0.1, -0.05) is 30.2 Å². The molecule has 1 aromatic carbocycles. The second kappa shape index (κ2) is 7.28. The smallest absolute Gasteiger partial charge is 0.0409 e. The minimum Gasteiger partial charge on any atom is -0.310 e. The quantitative estimate of drug-likeness (QED) is 0.881. The van der Waals surface area contributed by atoms with Crippen LogP contribution in [-0.4, -0.2) is 31.1 Å². The molecular weight excluding hydrogens is 256 g/mol. The number of halogens is 1. The first kappa shape index (κ1) is 14.8. The van der Waals surface area contributed by atoms with E-state index in [4.69, 9.17) is 11.6 Å². The van der Waals surface area contributed by atoms with E-state index in [-0.39, 0.29) is 0 Å². The van der Waals surface area contributed by atoms with E-state index in [0.717, 1.165) is 17.6 Å². The van der Waals surface area contributed by atoms with E-state index < -0.39 is 0 Å². The number of nitrogens with one attached hydrogen (secondary N) is 1. The molecule has 106 valence electrons. The Morgan fingerprint density at radius 2 is 2.26 bits per heavy atom. The number of rotatable bonds is 5. The highest BCUT2D eigenvalue weighted by atomic mass is 35.5. The van der Waals surface area contributed by atoms with Crippen molar-refractivity contribution in [1.82, 2.24) is 10.2 Å². The largest absolute Gasteiger partial charge is 0.310 e. The molecule has 2 rings (SSSR count). The van der Waals surface area contributed by atoms with Gasteiger partial charge in [0.15, 0.2) is 0 Å². The van der Waals surface area contributed by atoms with Crippen LogP contribution in [0.1, 0.15) is 44.2 Å². The summed E-state index contributed by atoms with van der Waals surface area (Å²) in [5.74, 6) is 0. The molecule has 1 aliphatic heterocycles. The fourth-order valence-corrected chi connectivity index (χ4v) is 3.07. The number of hydrogen-bond acceptors (Lipinski definition) is 2. The molecule has 0 amide bonds. The molecule has 0 bridgehead atoms. The summed E-state index contributed by atoms with van der Waals surface area (Å²) in [6.45, 7) is 4.54. The Morgan fingerprint density at radius 3 is 3.00 bits per heavy atom. The van der Waals surface area contributed by atoms with E-state index in [2.05, 4.69) is 30.3 Å². The third-order valence-corrected chi connectivity index (χ3v) is 4.43. The van der Waals surface area contributed by atoms with Crippen molar-refractivity contribution in [2.24, 2.45) is 0 Å². The number of piperidine rings is 1. The van der Waals surface area contributed by atoms with Gasteiger partial charge in [0, 0.05) is 17.1 Å². The summed E-state index contributed by atoms with van der Waals surface area (Å²) >= 11 is 6.03. The van der Waals surface area contributed by atoms with Crippen molar-refractivity contribution < 1.29 is 0 Å². The third kappa shape index (κ3) is 4.48. The molecule has 1 fully saturated rings. The molecule has 0 saturated carbocycles. The zero-order valence-corrected chi connectivity index (χ0v) is 12.8. The molecule has 0 radical (unpaired) electrons. The van der Waals surface area contributed by atoms with E-state index in [1.807, 2.05) is 18.2 Å². The van der Waals surface area contributed by atoms with Crippen molar-refractivity contribution in [3.8, 4) is 0 Å². The maximum absolute atomic E-state index is 6.03. The predicted octanol–water partition coefficient (Wildman–Crippen LogP) is 3.87. The Bertz CT molecular complexity index is 394. The van der Waals surface area contributed by atoms with E-state index >= 15 is 0 Å². The first-order valence-corrected chi connectivity index (χ1v) is 7.73. The Morgan fingerprint density at radius 1 is 1.42 bits per heavy atom. The molecule has 1 aliphatic rings. The lowest BCUT2D eigenvalue weighted by Gasteiger charge is -2.32. The van der Waals surface area contributed by atoms with Gasteiger partial charge in [0.05, 0.1) is 0 Å². The molecule has 19 heavy (non-hydrogen) atoms. The maximum atomic E-state index is 6.03. The lowest BCUT2D eigenvalue weighted by molar-refractivity contribution is 0.174. The Labute approximate surface area is 122 Å². The molecule has 1 unspecified atom stereocenters. The van der Waals surface area contributed by atoms with Gasteiger partial charge in [0.25, 0.3) is 0 Å². The average molecular weight is 281 g/mol. The van der Waals surface area contributed by atoms with Crippen molar-refractivity contribution in [3.05, 3.63) is 34.9 Å². The lowest BCUT2D eigenvalue weighted by atomic mass is 10.00. The summed E-state index contributed by atoms with van der Waals surface area (Å²) in [4.78, 5) is 2.51. The summed E-state index contributed by atoms with van der Waals surface area (Å²) in [5.41, 5.74) is 1.27. The van der Waals surface area contributed by atoms with E-state index in [1.165, 1.54) is 37.8 Å². The molecule has 1 aromatic rings. The number of benzene rings is 1. The van der Waals surface area contributed by atoms with Crippen molar-refractivity contribution in [1.29, 1.82) is 0 Å². The molecule has 2 nitrogen and oxygen atoms in total. The van der Waals surface area contributed by atoms with E-state index in [9.17, 15) is 0 Å². The second-order valence-corrected chi connectivity index (χ2v) is 6.09. The number of nitrogens with zero attached hydrogens (tertiary/aromatic N) is 1. The van der Waals surface area contributed by atoms with Gasteiger partial charge in [0.1, 0.15) is 0 Å². The van der Waals surface area contributed by atoms with Crippen LogP contribution in [0.4, 0.5) is 0 Å². The van der Waals surface area contributed by atoms with Crippen molar-refractivity contribution in [2.45, 2.75) is 44.7 Å². The van der Waals surface area contributed by atoms with Gasteiger partial charge in [0.2, 0.25) is 0 Å². The molecule has 1 saturated heterocycles. The summed E-state index contributed by atoms with van der Waals surface area (Å²) in [5, 5.41) is 4.43. The van der Waals surface area contributed by atoms with Crippen LogP contribution in [0.5, 0.6) is 0 Å². The first-order chi connectivity index (χ1) is 9.16. The highest BCUT2D eigenvalue weighted by molar-refractivity contribution is 6.30. The molecule has 1 heterocycles. The molecule has 3 heteroatoms. The van der Waals surface area contributed by atoms with Gasteiger partial charge in [-0.25, -0.2) is 0 Å². The van der Waals surface area contributed by atoms with Gasteiger partial charge >= 0.3 is 0 Å². The SMILES string of the molecule is C[C@@H](NCCC1CCCCN1C)c1cccc(Cl)c1. The summed E-state index contributed by atoms with van der Waals surface area (Å²) in [6, 6.07) is 9.25. The molecule has 2 atom stereocenters. The Kier molecular flexibility index (Phi) is 5.68. The van der Waals surface area contributed by atoms with Gasteiger partial charge in [-0.2, -0.15) is 0 Å². The molecule has 0 spiro atoms. The molecule has 0 aliphatic carbocycles. The minimum atomic E-state index is 0.368. The second-order valence-electron chi connectivity index (χ2n) is 5.65. The molecule has 1 N–H and O–H groups in total. The highest BCUT2D eigenvalue weighted by Crippen LogP contribution is 2.19. The van der Waals surface area contributed by atoms with Crippen LogP contribution >= 0.6 is 11.6 Å². The van der Waals surface area contributed by atoms with Gasteiger partial charge < -0.3 is 10.2 Å². The molecule has 0 aromatic heterocycles. The van der Waals surface area contributed by atoms with Crippen LogP contribution in [-0.2, 0) is 0 Å². The van der Waals surface area contributed by atoms with Gasteiger partial charge in [-0.15, -0.1) is 0 Å².